The van der Waals surface area contributed by atoms with Crippen LogP contribution in [0, 0.1) is 0 Å². The van der Waals surface area contributed by atoms with Gasteiger partial charge in [0.2, 0.25) is 0 Å². The number of rotatable bonds is 2. The molecule has 0 unspecified atom stereocenters. The molecule has 0 aromatic carbocycles. The van der Waals surface area contributed by atoms with E-state index in [0.717, 1.165) is 12.4 Å². The van der Waals surface area contributed by atoms with Crippen LogP contribution in [0.4, 0.5) is 0 Å². The van der Waals surface area contributed by atoms with E-state index in [4.69, 9.17) is 0 Å². The Morgan fingerprint density at radius 2 is 1.64 bits per heavy atom. The van der Waals surface area contributed by atoms with Crippen molar-refractivity contribution in [3.8, 4) is 0 Å². The second-order valence-corrected chi connectivity index (χ2v) is 4.88. The first-order valence-corrected chi connectivity index (χ1v) is 4.86. The Labute approximate surface area is 86.2 Å². The molecule has 0 saturated heterocycles. The molecule has 1 heterocycles. The summed E-state index contributed by atoms with van der Waals surface area (Å²) in [6, 6.07) is 0. The van der Waals surface area contributed by atoms with Crippen molar-refractivity contribution in [2.24, 2.45) is 0 Å². The second kappa shape index (κ2) is 4.05. The summed E-state index contributed by atoms with van der Waals surface area (Å²) in [4.78, 5) is 10.7. The van der Waals surface area contributed by atoms with Crippen LogP contribution >= 0.6 is 0 Å². The van der Waals surface area contributed by atoms with Gasteiger partial charge in [0.15, 0.2) is 0 Å². The fraction of sp³-hybridized carbons (Fsp3) is 0.636. The third-order valence-corrected chi connectivity index (χ3v) is 2.03. The molecule has 1 aromatic heterocycles. The minimum absolute atomic E-state index is 0.136. The fourth-order valence-corrected chi connectivity index (χ4v) is 1.11. The van der Waals surface area contributed by atoms with Crippen molar-refractivity contribution in [2.45, 2.75) is 32.7 Å². The normalized spacial score (nSPS) is 12.1. The van der Waals surface area contributed by atoms with E-state index in [1.54, 1.807) is 0 Å². The molecule has 3 nitrogen and oxygen atoms in total. The van der Waals surface area contributed by atoms with Crippen molar-refractivity contribution in [1.82, 2.24) is 14.9 Å². The van der Waals surface area contributed by atoms with E-state index >= 15 is 0 Å². The van der Waals surface area contributed by atoms with Crippen LogP contribution in [0.3, 0.4) is 0 Å². The van der Waals surface area contributed by atoms with Gasteiger partial charge >= 0.3 is 0 Å². The van der Waals surface area contributed by atoms with E-state index in [-0.39, 0.29) is 5.41 Å². The van der Waals surface area contributed by atoms with Crippen molar-refractivity contribution in [2.75, 3.05) is 14.1 Å². The molecule has 78 valence electrons. The lowest BCUT2D eigenvalue weighted by molar-refractivity contribution is 0.389. The van der Waals surface area contributed by atoms with E-state index in [0.29, 0.717) is 0 Å². The molecule has 0 aliphatic heterocycles. The summed E-state index contributed by atoms with van der Waals surface area (Å²) in [5.41, 5.74) is 1.32. The number of hydrogen-bond acceptors (Lipinski definition) is 3. The number of aromatic nitrogens is 2. The van der Waals surface area contributed by atoms with Crippen LogP contribution in [0.5, 0.6) is 0 Å². The predicted molar refractivity (Wildman–Crippen MR) is 58.1 cm³/mol. The zero-order valence-electron chi connectivity index (χ0n) is 9.70. The first-order chi connectivity index (χ1) is 6.39. The van der Waals surface area contributed by atoms with Gasteiger partial charge in [-0.1, -0.05) is 20.8 Å². The van der Waals surface area contributed by atoms with Crippen LogP contribution in [-0.4, -0.2) is 29.0 Å². The Hall–Kier alpha value is -0.960. The smallest absolute Gasteiger partial charge is 0.142 e. The highest BCUT2D eigenvalue weighted by Gasteiger charge is 2.14. The van der Waals surface area contributed by atoms with Crippen LogP contribution in [0.25, 0.3) is 0 Å². The summed E-state index contributed by atoms with van der Waals surface area (Å²) < 4.78 is 0. The van der Waals surface area contributed by atoms with E-state index < -0.39 is 0 Å². The largest absolute Gasteiger partial charge is 0.302 e. The molecular formula is C11H19N3. The van der Waals surface area contributed by atoms with Crippen LogP contribution < -0.4 is 0 Å². The van der Waals surface area contributed by atoms with Gasteiger partial charge in [-0.15, -0.1) is 0 Å². The van der Waals surface area contributed by atoms with Gasteiger partial charge in [-0.2, -0.15) is 0 Å². The minimum atomic E-state index is 0.136. The van der Waals surface area contributed by atoms with E-state index in [2.05, 4.69) is 35.6 Å². The molecule has 0 atom stereocenters. The third kappa shape index (κ3) is 3.07. The molecule has 0 amide bonds. The average molecular weight is 193 g/mol. The molecule has 14 heavy (non-hydrogen) atoms. The summed E-state index contributed by atoms with van der Waals surface area (Å²) >= 11 is 0. The highest BCUT2D eigenvalue weighted by Crippen LogP contribution is 2.19. The van der Waals surface area contributed by atoms with Crippen LogP contribution in [-0.2, 0) is 12.0 Å². The highest BCUT2D eigenvalue weighted by atomic mass is 15.1. The maximum Gasteiger partial charge on any atom is 0.142 e. The highest BCUT2D eigenvalue weighted by molar-refractivity contribution is 5.15. The SMILES string of the molecule is CN(C)Cc1ncc(C(C)(C)C)cn1. The molecular weight excluding hydrogens is 174 g/mol. The standard InChI is InChI=1S/C11H19N3/c1-11(2,3)9-6-12-10(13-7-9)8-14(4)5/h6-7H,8H2,1-5H3. The third-order valence-electron chi connectivity index (χ3n) is 2.03. The fourth-order valence-electron chi connectivity index (χ4n) is 1.11. The molecule has 0 fully saturated rings. The Kier molecular flexibility index (Phi) is 3.21. The first kappa shape index (κ1) is 11.1. The molecule has 0 saturated carbocycles. The van der Waals surface area contributed by atoms with Gasteiger partial charge < -0.3 is 4.90 Å². The number of nitrogens with zero attached hydrogens (tertiary/aromatic N) is 3. The summed E-state index contributed by atoms with van der Waals surface area (Å²) in [5.74, 6) is 0.878. The van der Waals surface area contributed by atoms with Crippen LogP contribution in [0.15, 0.2) is 12.4 Å². The van der Waals surface area contributed by atoms with Gasteiger partial charge in [0.25, 0.3) is 0 Å². The topological polar surface area (TPSA) is 29.0 Å². The van der Waals surface area contributed by atoms with Gasteiger partial charge in [-0.05, 0) is 25.1 Å². The zero-order valence-corrected chi connectivity index (χ0v) is 9.70. The Morgan fingerprint density at radius 3 is 2.00 bits per heavy atom. The quantitative estimate of drug-likeness (QED) is 0.717. The predicted octanol–water partition coefficient (Wildman–Crippen LogP) is 1.84. The average Bonchev–Trinajstić information content (AvgIpc) is 2.02. The molecule has 0 aliphatic rings. The Bertz CT molecular complexity index is 282. The molecule has 0 N–H and O–H groups in total. The Balaban J connectivity index is 2.79. The van der Waals surface area contributed by atoms with Crippen molar-refractivity contribution in [3.63, 3.8) is 0 Å². The van der Waals surface area contributed by atoms with Crippen LogP contribution in [0.1, 0.15) is 32.2 Å². The lowest BCUT2D eigenvalue weighted by Crippen LogP contribution is -2.16. The van der Waals surface area contributed by atoms with Gasteiger partial charge in [0, 0.05) is 12.4 Å². The first-order valence-electron chi connectivity index (χ1n) is 4.86. The molecule has 0 radical (unpaired) electrons. The summed E-state index contributed by atoms with van der Waals surface area (Å²) in [7, 11) is 4.03. The van der Waals surface area contributed by atoms with E-state index in [9.17, 15) is 0 Å². The maximum absolute atomic E-state index is 4.33. The van der Waals surface area contributed by atoms with Crippen molar-refractivity contribution in [3.05, 3.63) is 23.8 Å². The van der Waals surface area contributed by atoms with Crippen molar-refractivity contribution < 1.29 is 0 Å². The number of hydrogen-bond donors (Lipinski definition) is 0. The molecule has 0 aliphatic carbocycles. The Morgan fingerprint density at radius 1 is 1.14 bits per heavy atom. The van der Waals surface area contributed by atoms with Crippen molar-refractivity contribution in [1.29, 1.82) is 0 Å². The van der Waals surface area contributed by atoms with E-state index in [1.165, 1.54) is 5.56 Å². The summed E-state index contributed by atoms with van der Waals surface area (Å²) in [6.07, 6.45) is 3.84. The summed E-state index contributed by atoms with van der Waals surface area (Å²) in [6.45, 7) is 7.29. The van der Waals surface area contributed by atoms with E-state index in [1.807, 2.05) is 26.5 Å². The molecule has 0 bridgehead atoms. The minimum Gasteiger partial charge on any atom is -0.302 e. The lowest BCUT2D eigenvalue weighted by atomic mass is 9.89. The molecule has 1 aromatic rings. The zero-order chi connectivity index (χ0) is 10.8. The van der Waals surface area contributed by atoms with Gasteiger partial charge in [-0.25, -0.2) is 9.97 Å². The molecule has 3 heteroatoms. The molecule has 1 rings (SSSR count). The van der Waals surface area contributed by atoms with Crippen molar-refractivity contribution >= 4 is 0 Å². The summed E-state index contributed by atoms with van der Waals surface area (Å²) in [5, 5.41) is 0. The lowest BCUT2D eigenvalue weighted by Gasteiger charge is -2.18. The van der Waals surface area contributed by atoms with Gasteiger partial charge in [0.1, 0.15) is 5.82 Å². The van der Waals surface area contributed by atoms with Gasteiger partial charge in [-0.3, -0.25) is 0 Å². The monoisotopic (exact) mass is 193 g/mol. The maximum atomic E-state index is 4.33. The second-order valence-electron chi connectivity index (χ2n) is 4.88. The molecule has 0 spiro atoms. The van der Waals surface area contributed by atoms with Gasteiger partial charge in [0.05, 0.1) is 6.54 Å². The van der Waals surface area contributed by atoms with Crippen LogP contribution in [0.2, 0.25) is 0 Å².